The monoisotopic (exact) mass is 234 g/mol. The van der Waals surface area contributed by atoms with Gasteiger partial charge < -0.3 is 15.4 Å². The molecule has 0 spiro atoms. The van der Waals surface area contributed by atoms with Crippen molar-refractivity contribution in [3.63, 3.8) is 0 Å². The minimum atomic E-state index is 0.713. The van der Waals surface area contributed by atoms with Crippen molar-refractivity contribution in [2.75, 3.05) is 32.8 Å². The summed E-state index contributed by atoms with van der Waals surface area (Å²) >= 11 is 0. The third-order valence-electron chi connectivity index (χ3n) is 3.33. The van der Waals surface area contributed by atoms with Gasteiger partial charge in [-0.2, -0.15) is 0 Å². The van der Waals surface area contributed by atoms with E-state index in [1.165, 1.54) is 19.5 Å². The van der Waals surface area contributed by atoms with Crippen LogP contribution in [0.15, 0.2) is 30.3 Å². The second-order valence-corrected chi connectivity index (χ2v) is 4.71. The topological polar surface area (TPSA) is 38.5 Å². The van der Waals surface area contributed by atoms with Gasteiger partial charge in [0.1, 0.15) is 5.75 Å². The van der Waals surface area contributed by atoms with Gasteiger partial charge in [0.25, 0.3) is 0 Å². The maximum absolute atomic E-state index is 5.68. The van der Waals surface area contributed by atoms with Crippen LogP contribution in [0.25, 0.3) is 0 Å². The standard InChI is InChI=1S/C14H22N2O/c15-11-13-7-9-16(12-13)8-4-10-17-14-5-2-1-3-6-14/h1-3,5-6,13H,4,7-12,15H2. The lowest BCUT2D eigenvalue weighted by atomic mass is 10.1. The fourth-order valence-electron chi connectivity index (χ4n) is 2.30. The largest absolute Gasteiger partial charge is 0.494 e. The van der Waals surface area contributed by atoms with Crippen molar-refractivity contribution >= 4 is 0 Å². The maximum Gasteiger partial charge on any atom is 0.119 e. The summed E-state index contributed by atoms with van der Waals surface area (Å²) in [5.41, 5.74) is 5.68. The SMILES string of the molecule is NCC1CCN(CCCOc2ccccc2)C1. The molecular formula is C14H22N2O. The zero-order valence-electron chi connectivity index (χ0n) is 10.3. The predicted octanol–water partition coefficient (Wildman–Crippen LogP) is 1.74. The highest BCUT2D eigenvalue weighted by molar-refractivity contribution is 5.20. The molecule has 2 rings (SSSR count). The molecule has 1 saturated heterocycles. The van der Waals surface area contributed by atoms with Crippen molar-refractivity contribution in [1.29, 1.82) is 0 Å². The van der Waals surface area contributed by atoms with E-state index in [-0.39, 0.29) is 0 Å². The Hall–Kier alpha value is -1.06. The molecule has 1 unspecified atom stereocenters. The van der Waals surface area contributed by atoms with Gasteiger partial charge in [-0.15, -0.1) is 0 Å². The summed E-state index contributed by atoms with van der Waals surface area (Å²) < 4.78 is 5.67. The summed E-state index contributed by atoms with van der Waals surface area (Å²) in [6.07, 6.45) is 2.35. The number of nitrogens with two attached hydrogens (primary N) is 1. The number of likely N-dealkylation sites (tertiary alicyclic amines) is 1. The second kappa shape index (κ2) is 6.62. The number of hydrogen-bond acceptors (Lipinski definition) is 3. The molecule has 0 bridgehead atoms. The van der Waals surface area contributed by atoms with Crippen molar-refractivity contribution in [2.24, 2.45) is 11.7 Å². The molecule has 94 valence electrons. The molecule has 0 amide bonds. The molecule has 3 heteroatoms. The summed E-state index contributed by atoms with van der Waals surface area (Å²) in [5, 5.41) is 0. The van der Waals surface area contributed by atoms with Crippen LogP contribution in [0.4, 0.5) is 0 Å². The molecule has 0 aromatic heterocycles. The van der Waals surface area contributed by atoms with Crippen molar-refractivity contribution in [1.82, 2.24) is 4.90 Å². The lowest BCUT2D eigenvalue weighted by Crippen LogP contribution is -2.25. The minimum Gasteiger partial charge on any atom is -0.494 e. The first kappa shape index (κ1) is 12.4. The first-order valence-corrected chi connectivity index (χ1v) is 6.49. The van der Waals surface area contributed by atoms with Gasteiger partial charge in [0.2, 0.25) is 0 Å². The van der Waals surface area contributed by atoms with Crippen LogP contribution in [0.2, 0.25) is 0 Å². The van der Waals surface area contributed by atoms with Gasteiger partial charge >= 0.3 is 0 Å². The first-order valence-electron chi connectivity index (χ1n) is 6.49. The minimum absolute atomic E-state index is 0.713. The van der Waals surface area contributed by atoms with E-state index in [9.17, 15) is 0 Å². The summed E-state index contributed by atoms with van der Waals surface area (Å²) in [6.45, 7) is 5.13. The lowest BCUT2D eigenvalue weighted by Gasteiger charge is -2.15. The number of para-hydroxylation sites is 1. The lowest BCUT2D eigenvalue weighted by molar-refractivity contribution is 0.259. The number of rotatable bonds is 6. The van der Waals surface area contributed by atoms with Crippen LogP contribution in [0.1, 0.15) is 12.8 Å². The highest BCUT2D eigenvalue weighted by Crippen LogP contribution is 2.15. The molecule has 1 fully saturated rings. The molecule has 1 aromatic carbocycles. The average molecular weight is 234 g/mol. The predicted molar refractivity (Wildman–Crippen MR) is 70.2 cm³/mol. The normalized spacial score (nSPS) is 20.6. The molecular weight excluding hydrogens is 212 g/mol. The van der Waals surface area contributed by atoms with Crippen LogP contribution in [-0.2, 0) is 0 Å². The van der Waals surface area contributed by atoms with Crippen molar-refractivity contribution in [3.8, 4) is 5.75 Å². The van der Waals surface area contributed by atoms with Gasteiger partial charge in [-0.25, -0.2) is 0 Å². The number of ether oxygens (including phenoxy) is 1. The molecule has 17 heavy (non-hydrogen) atoms. The van der Waals surface area contributed by atoms with E-state index < -0.39 is 0 Å². The molecule has 1 atom stereocenters. The molecule has 0 aliphatic carbocycles. The van der Waals surface area contributed by atoms with Crippen LogP contribution >= 0.6 is 0 Å². The first-order chi connectivity index (χ1) is 8.38. The van der Waals surface area contributed by atoms with E-state index in [1.807, 2.05) is 30.3 Å². The van der Waals surface area contributed by atoms with Crippen molar-refractivity contribution in [2.45, 2.75) is 12.8 Å². The zero-order chi connectivity index (χ0) is 11.9. The van der Waals surface area contributed by atoms with E-state index in [0.717, 1.165) is 31.9 Å². The molecule has 0 radical (unpaired) electrons. The number of nitrogens with zero attached hydrogens (tertiary/aromatic N) is 1. The molecule has 0 saturated carbocycles. The fourth-order valence-corrected chi connectivity index (χ4v) is 2.30. The second-order valence-electron chi connectivity index (χ2n) is 4.71. The van der Waals surface area contributed by atoms with Crippen LogP contribution < -0.4 is 10.5 Å². The summed E-state index contributed by atoms with van der Waals surface area (Å²) in [7, 11) is 0. The Balaban J connectivity index is 1.58. The van der Waals surface area contributed by atoms with E-state index in [4.69, 9.17) is 10.5 Å². The van der Waals surface area contributed by atoms with E-state index in [2.05, 4.69) is 4.90 Å². The Bertz CT molecular complexity index is 315. The van der Waals surface area contributed by atoms with E-state index in [1.54, 1.807) is 0 Å². The Morgan fingerprint density at radius 3 is 2.82 bits per heavy atom. The summed E-state index contributed by atoms with van der Waals surface area (Å²) in [6, 6.07) is 10.0. The molecule has 3 nitrogen and oxygen atoms in total. The van der Waals surface area contributed by atoms with Crippen molar-refractivity contribution < 1.29 is 4.74 Å². The molecule has 1 aromatic rings. The third-order valence-corrected chi connectivity index (χ3v) is 3.33. The number of hydrogen-bond donors (Lipinski definition) is 1. The third kappa shape index (κ3) is 4.02. The van der Waals surface area contributed by atoms with Crippen LogP contribution in [-0.4, -0.2) is 37.7 Å². The molecule has 2 N–H and O–H groups in total. The smallest absolute Gasteiger partial charge is 0.119 e. The summed E-state index contributed by atoms with van der Waals surface area (Å²) in [5.74, 6) is 1.68. The average Bonchev–Trinajstić information content (AvgIpc) is 2.84. The Kier molecular flexibility index (Phi) is 4.83. The van der Waals surface area contributed by atoms with Crippen LogP contribution in [0.3, 0.4) is 0 Å². The molecule has 1 aliphatic rings. The Morgan fingerprint density at radius 2 is 2.12 bits per heavy atom. The van der Waals surface area contributed by atoms with Crippen molar-refractivity contribution in [3.05, 3.63) is 30.3 Å². The fraction of sp³-hybridized carbons (Fsp3) is 0.571. The van der Waals surface area contributed by atoms with Crippen LogP contribution in [0, 0.1) is 5.92 Å². The summed E-state index contributed by atoms with van der Waals surface area (Å²) in [4.78, 5) is 2.49. The van der Waals surface area contributed by atoms with Gasteiger partial charge in [-0.3, -0.25) is 0 Å². The van der Waals surface area contributed by atoms with Gasteiger partial charge in [-0.05, 0) is 44.0 Å². The number of benzene rings is 1. The van der Waals surface area contributed by atoms with Gasteiger partial charge in [0.15, 0.2) is 0 Å². The highest BCUT2D eigenvalue weighted by atomic mass is 16.5. The van der Waals surface area contributed by atoms with Gasteiger partial charge in [0, 0.05) is 13.1 Å². The van der Waals surface area contributed by atoms with Gasteiger partial charge in [-0.1, -0.05) is 18.2 Å². The maximum atomic E-state index is 5.68. The van der Waals surface area contributed by atoms with Crippen LogP contribution in [0.5, 0.6) is 5.75 Å². The van der Waals surface area contributed by atoms with E-state index >= 15 is 0 Å². The quantitative estimate of drug-likeness (QED) is 0.762. The molecule has 1 aliphatic heterocycles. The van der Waals surface area contributed by atoms with Gasteiger partial charge in [0.05, 0.1) is 6.61 Å². The zero-order valence-corrected chi connectivity index (χ0v) is 10.3. The highest BCUT2D eigenvalue weighted by Gasteiger charge is 2.20. The Labute approximate surface area is 104 Å². The van der Waals surface area contributed by atoms with E-state index in [0.29, 0.717) is 5.92 Å². The Morgan fingerprint density at radius 1 is 1.29 bits per heavy atom. The molecule has 1 heterocycles.